The molecule has 1 atom stereocenters. The predicted octanol–water partition coefficient (Wildman–Crippen LogP) is 2.45. The number of methoxy groups -OCH3 is 1. The number of ether oxygens (including phenoxy) is 1. The van der Waals surface area contributed by atoms with Crippen molar-refractivity contribution in [3.05, 3.63) is 52.1 Å². The molecular formula is C14H16N2O2. The van der Waals surface area contributed by atoms with Gasteiger partial charge in [0.2, 0.25) is 0 Å². The van der Waals surface area contributed by atoms with Crippen LogP contribution in [0, 0.1) is 6.92 Å². The van der Waals surface area contributed by atoms with Crippen LogP contribution in [0.2, 0.25) is 0 Å². The molecule has 0 aliphatic heterocycles. The van der Waals surface area contributed by atoms with Crippen molar-refractivity contribution in [2.75, 3.05) is 7.11 Å². The van der Waals surface area contributed by atoms with E-state index in [2.05, 4.69) is 9.97 Å². The van der Waals surface area contributed by atoms with Gasteiger partial charge in [-0.25, -0.2) is 4.98 Å². The quantitative estimate of drug-likeness (QED) is 0.902. The zero-order valence-corrected chi connectivity index (χ0v) is 10.7. The fourth-order valence-corrected chi connectivity index (χ4v) is 1.73. The second kappa shape index (κ2) is 5.14. The molecule has 0 saturated carbocycles. The first-order chi connectivity index (χ1) is 8.63. The van der Waals surface area contributed by atoms with Crippen LogP contribution in [0.25, 0.3) is 11.3 Å². The van der Waals surface area contributed by atoms with Gasteiger partial charge >= 0.3 is 0 Å². The van der Waals surface area contributed by atoms with Crippen LogP contribution >= 0.6 is 0 Å². The molecule has 0 radical (unpaired) electrons. The average Bonchev–Trinajstić information content (AvgIpc) is 2.41. The highest BCUT2D eigenvalue weighted by molar-refractivity contribution is 5.62. The van der Waals surface area contributed by atoms with Crippen LogP contribution in [0.3, 0.4) is 0 Å². The van der Waals surface area contributed by atoms with E-state index in [1.165, 1.54) is 0 Å². The van der Waals surface area contributed by atoms with Crippen LogP contribution in [-0.4, -0.2) is 17.1 Å². The third-order valence-corrected chi connectivity index (χ3v) is 2.96. The van der Waals surface area contributed by atoms with E-state index in [4.69, 9.17) is 4.74 Å². The molecule has 2 aromatic rings. The molecule has 4 nitrogen and oxygen atoms in total. The van der Waals surface area contributed by atoms with Crippen LogP contribution in [0.15, 0.2) is 35.1 Å². The number of benzene rings is 1. The first kappa shape index (κ1) is 12.5. The number of aromatic amines is 1. The van der Waals surface area contributed by atoms with E-state index in [9.17, 15) is 4.79 Å². The molecule has 0 spiro atoms. The highest BCUT2D eigenvalue weighted by Crippen LogP contribution is 2.20. The molecule has 1 unspecified atom stereocenters. The van der Waals surface area contributed by atoms with E-state index in [0.717, 1.165) is 5.56 Å². The fourth-order valence-electron chi connectivity index (χ4n) is 1.73. The topological polar surface area (TPSA) is 55.0 Å². The number of hydrogen-bond acceptors (Lipinski definition) is 3. The molecule has 0 amide bonds. The van der Waals surface area contributed by atoms with Gasteiger partial charge in [0, 0.05) is 18.2 Å². The van der Waals surface area contributed by atoms with Crippen LogP contribution in [0.4, 0.5) is 0 Å². The molecule has 0 aliphatic carbocycles. The summed E-state index contributed by atoms with van der Waals surface area (Å²) in [5, 5.41) is 0. The Morgan fingerprint density at radius 1 is 1.28 bits per heavy atom. The van der Waals surface area contributed by atoms with Crippen molar-refractivity contribution < 1.29 is 4.74 Å². The number of aromatic nitrogens is 2. The molecule has 0 saturated heterocycles. The second-order valence-electron chi connectivity index (χ2n) is 4.17. The normalized spacial score (nSPS) is 12.4. The summed E-state index contributed by atoms with van der Waals surface area (Å²) in [5.41, 5.74) is 2.14. The second-order valence-corrected chi connectivity index (χ2v) is 4.17. The highest BCUT2D eigenvalue weighted by atomic mass is 16.5. The summed E-state index contributed by atoms with van der Waals surface area (Å²) in [4.78, 5) is 19.1. The van der Waals surface area contributed by atoms with Crippen LogP contribution in [-0.2, 0) is 4.74 Å². The first-order valence-corrected chi connectivity index (χ1v) is 5.82. The van der Waals surface area contributed by atoms with E-state index < -0.39 is 0 Å². The number of H-pyrrole nitrogens is 1. The van der Waals surface area contributed by atoms with Crippen molar-refractivity contribution >= 4 is 0 Å². The molecule has 0 bridgehead atoms. The van der Waals surface area contributed by atoms with Gasteiger partial charge in [-0.15, -0.1) is 0 Å². The lowest BCUT2D eigenvalue weighted by atomic mass is 10.1. The Labute approximate surface area is 106 Å². The van der Waals surface area contributed by atoms with E-state index in [-0.39, 0.29) is 11.7 Å². The number of rotatable bonds is 3. The zero-order chi connectivity index (χ0) is 13.1. The van der Waals surface area contributed by atoms with Gasteiger partial charge < -0.3 is 9.72 Å². The minimum atomic E-state index is -0.235. The van der Waals surface area contributed by atoms with Crippen molar-refractivity contribution in [1.29, 1.82) is 0 Å². The summed E-state index contributed by atoms with van der Waals surface area (Å²) >= 11 is 0. The average molecular weight is 244 g/mol. The van der Waals surface area contributed by atoms with Gasteiger partial charge in [0.1, 0.15) is 11.9 Å². The Hall–Kier alpha value is -1.94. The minimum Gasteiger partial charge on any atom is -0.374 e. The van der Waals surface area contributed by atoms with Crippen molar-refractivity contribution in [2.45, 2.75) is 20.0 Å². The molecule has 2 rings (SSSR count). The van der Waals surface area contributed by atoms with E-state index in [0.29, 0.717) is 17.1 Å². The van der Waals surface area contributed by atoms with Gasteiger partial charge in [-0.1, -0.05) is 30.3 Å². The summed E-state index contributed by atoms with van der Waals surface area (Å²) < 4.78 is 5.19. The first-order valence-electron chi connectivity index (χ1n) is 5.82. The molecule has 0 aliphatic rings. The summed E-state index contributed by atoms with van der Waals surface area (Å²) in [6.07, 6.45) is -0.235. The molecule has 18 heavy (non-hydrogen) atoms. The number of nitrogens with zero attached hydrogens (tertiary/aromatic N) is 1. The Morgan fingerprint density at radius 3 is 2.56 bits per heavy atom. The van der Waals surface area contributed by atoms with Crippen LogP contribution < -0.4 is 5.56 Å². The van der Waals surface area contributed by atoms with Gasteiger partial charge in [-0.3, -0.25) is 4.79 Å². The standard InChI is InChI=1S/C14H16N2O2/c1-9-12(11-7-5-4-6-8-11)15-13(10(2)18-3)16-14(9)17/h4-8,10H,1-3H3,(H,15,16,17). The van der Waals surface area contributed by atoms with Gasteiger partial charge in [0.15, 0.2) is 0 Å². The molecule has 1 heterocycles. The van der Waals surface area contributed by atoms with Crippen molar-refractivity contribution in [2.24, 2.45) is 0 Å². The molecular weight excluding hydrogens is 228 g/mol. The predicted molar refractivity (Wildman–Crippen MR) is 70.5 cm³/mol. The SMILES string of the molecule is COC(C)c1nc(-c2ccccc2)c(C)c(=O)[nH]1. The Morgan fingerprint density at radius 2 is 1.94 bits per heavy atom. The molecule has 1 aromatic heterocycles. The molecule has 1 N–H and O–H groups in total. The fraction of sp³-hybridized carbons (Fsp3) is 0.286. The van der Waals surface area contributed by atoms with Gasteiger partial charge in [0.05, 0.1) is 5.69 Å². The van der Waals surface area contributed by atoms with E-state index in [1.807, 2.05) is 37.3 Å². The van der Waals surface area contributed by atoms with Crippen molar-refractivity contribution in [1.82, 2.24) is 9.97 Å². The minimum absolute atomic E-state index is 0.122. The summed E-state index contributed by atoms with van der Waals surface area (Å²) in [7, 11) is 1.59. The Kier molecular flexibility index (Phi) is 3.58. The summed E-state index contributed by atoms with van der Waals surface area (Å²) in [6, 6.07) is 9.67. The Balaban J connectivity index is 2.60. The van der Waals surface area contributed by atoms with Crippen LogP contribution in [0.5, 0.6) is 0 Å². The lowest BCUT2D eigenvalue weighted by Crippen LogP contribution is -2.18. The maximum atomic E-state index is 11.9. The van der Waals surface area contributed by atoms with E-state index in [1.54, 1.807) is 14.0 Å². The molecule has 94 valence electrons. The lowest BCUT2D eigenvalue weighted by Gasteiger charge is -2.11. The van der Waals surface area contributed by atoms with Gasteiger partial charge in [-0.05, 0) is 13.8 Å². The number of hydrogen-bond donors (Lipinski definition) is 1. The highest BCUT2D eigenvalue weighted by Gasteiger charge is 2.13. The third kappa shape index (κ3) is 2.33. The smallest absolute Gasteiger partial charge is 0.254 e. The van der Waals surface area contributed by atoms with E-state index >= 15 is 0 Å². The molecule has 0 fully saturated rings. The molecule has 4 heteroatoms. The monoisotopic (exact) mass is 244 g/mol. The van der Waals surface area contributed by atoms with Crippen molar-refractivity contribution in [3.8, 4) is 11.3 Å². The lowest BCUT2D eigenvalue weighted by molar-refractivity contribution is 0.112. The maximum absolute atomic E-state index is 11.9. The Bertz CT molecular complexity index is 590. The third-order valence-electron chi connectivity index (χ3n) is 2.96. The van der Waals surface area contributed by atoms with Gasteiger partial charge in [0.25, 0.3) is 5.56 Å². The summed E-state index contributed by atoms with van der Waals surface area (Å²) in [6.45, 7) is 3.62. The zero-order valence-electron chi connectivity index (χ0n) is 10.7. The largest absolute Gasteiger partial charge is 0.374 e. The van der Waals surface area contributed by atoms with Crippen LogP contribution in [0.1, 0.15) is 24.4 Å². The van der Waals surface area contributed by atoms with Crippen molar-refractivity contribution in [3.63, 3.8) is 0 Å². The molecule has 1 aromatic carbocycles. The van der Waals surface area contributed by atoms with Gasteiger partial charge in [-0.2, -0.15) is 0 Å². The summed E-state index contributed by atoms with van der Waals surface area (Å²) in [5.74, 6) is 0.548. The number of nitrogens with one attached hydrogen (secondary N) is 1. The maximum Gasteiger partial charge on any atom is 0.254 e.